The van der Waals surface area contributed by atoms with E-state index < -0.39 is 5.91 Å². The Labute approximate surface area is 170 Å². The minimum Gasteiger partial charge on any atom is -0.277 e. The first-order valence-electron chi connectivity index (χ1n) is 8.93. The van der Waals surface area contributed by atoms with Crippen molar-refractivity contribution in [3.8, 4) is 11.3 Å². The van der Waals surface area contributed by atoms with Crippen molar-refractivity contribution in [2.75, 3.05) is 5.43 Å². The average Bonchev–Trinajstić information content (AvgIpc) is 3.23. The van der Waals surface area contributed by atoms with Crippen LogP contribution in [0, 0.1) is 0 Å². The quantitative estimate of drug-likeness (QED) is 0.440. The second kappa shape index (κ2) is 7.76. The highest BCUT2D eigenvalue weighted by Crippen LogP contribution is 2.23. The molecule has 146 valence electrons. The monoisotopic (exact) mass is 408 g/mol. The summed E-state index contributed by atoms with van der Waals surface area (Å²) in [6.45, 7) is 2.23. The summed E-state index contributed by atoms with van der Waals surface area (Å²) in [5.41, 5.74) is 7.38. The van der Waals surface area contributed by atoms with Gasteiger partial charge >= 0.3 is 0 Å². The third kappa shape index (κ3) is 3.57. The lowest BCUT2D eigenvalue weighted by Crippen LogP contribution is -2.34. The van der Waals surface area contributed by atoms with E-state index in [4.69, 9.17) is 11.6 Å². The smallest absolute Gasteiger partial charge is 0.273 e. The summed E-state index contributed by atoms with van der Waals surface area (Å²) in [4.78, 5) is 29.8. The van der Waals surface area contributed by atoms with Gasteiger partial charge in [0.15, 0.2) is 0 Å². The van der Waals surface area contributed by atoms with E-state index in [1.807, 2.05) is 6.92 Å². The van der Waals surface area contributed by atoms with Gasteiger partial charge < -0.3 is 0 Å². The van der Waals surface area contributed by atoms with Crippen molar-refractivity contribution in [1.82, 2.24) is 25.2 Å². The number of carbonyl (C=O) groups is 1. The summed E-state index contributed by atoms with van der Waals surface area (Å²) < 4.78 is 1.46. The van der Waals surface area contributed by atoms with Crippen LogP contribution in [0.25, 0.3) is 22.2 Å². The van der Waals surface area contributed by atoms with Crippen LogP contribution in [0.2, 0.25) is 5.02 Å². The number of fused-ring (bicyclic) bond motifs is 1. The summed E-state index contributed by atoms with van der Waals surface area (Å²) in [5.74, 6) is -0.171. The van der Waals surface area contributed by atoms with E-state index in [2.05, 4.69) is 26.0 Å². The maximum Gasteiger partial charge on any atom is 0.273 e. The maximum absolute atomic E-state index is 12.7. The van der Waals surface area contributed by atoms with Crippen molar-refractivity contribution in [2.24, 2.45) is 0 Å². The zero-order chi connectivity index (χ0) is 20.4. The molecule has 0 unspecified atom stereocenters. The number of halogens is 1. The SMILES string of the molecule is CCn1c(NNC(=O)c2cn[nH]c2-c2ccc(Cl)cc2)nc2ccccc2c1=O. The van der Waals surface area contributed by atoms with E-state index >= 15 is 0 Å². The van der Waals surface area contributed by atoms with Crippen LogP contribution in [0.3, 0.4) is 0 Å². The average molecular weight is 409 g/mol. The maximum atomic E-state index is 12.7. The fraction of sp³-hybridized carbons (Fsp3) is 0.100. The van der Waals surface area contributed by atoms with Crippen molar-refractivity contribution in [3.05, 3.63) is 75.7 Å². The molecule has 0 saturated carbocycles. The van der Waals surface area contributed by atoms with Gasteiger partial charge in [0.1, 0.15) is 0 Å². The molecule has 9 heteroatoms. The van der Waals surface area contributed by atoms with Crippen molar-refractivity contribution in [1.29, 1.82) is 0 Å². The first-order chi connectivity index (χ1) is 14.1. The Morgan fingerprint density at radius 1 is 1.17 bits per heavy atom. The Balaban J connectivity index is 1.61. The molecule has 0 aliphatic rings. The zero-order valence-corrected chi connectivity index (χ0v) is 16.2. The van der Waals surface area contributed by atoms with Crippen LogP contribution >= 0.6 is 11.6 Å². The number of hydrogen-bond acceptors (Lipinski definition) is 5. The summed E-state index contributed by atoms with van der Waals surface area (Å²) in [7, 11) is 0. The Kier molecular flexibility index (Phi) is 5.01. The lowest BCUT2D eigenvalue weighted by Gasteiger charge is -2.14. The third-order valence-electron chi connectivity index (χ3n) is 4.48. The Morgan fingerprint density at radius 3 is 2.69 bits per heavy atom. The molecular formula is C20H17ClN6O2. The van der Waals surface area contributed by atoms with Crippen LogP contribution < -0.4 is 16.4 Å². The molecule has 3 N–H and O–H groups in total. The number of H-pyrrole nitrogens is 1. The third-order valence-corrected chi connectivity index (χ3v) is 4.73. The fourth-order valence-electron chi connectivity index (χ4n) is 3.03. The second-order valence-electron chi connectivity index (χ2n) is 6.25. The number of anilines is 1. The van der Waals surface area contributed by atoms with Gasteiger partial charge in [0.25, 0.3) is 11.5 Å². The minimum absolute atomic E-state index is 0.181. The molecule has 0 aliphatic heterocycles. The molecule has 29 heavy (non-hydrogen) atoms. The number of hydrazine groups is 1. The van der Waals surface area contributed by atoms with Gasteiger partial charge in [-0.05, 0) is 31.2 Å². The van der Waals surface area contributed by atoms with E-state index in [-0.39, 0.29) is 11.5 Å². The predicted octanol–water partition coefficient (Wildman–Crippen LogP) is 3.22. The van der Waals surface area contributed by atoms with Crippen molar-refractivity contribution in [2.45, 2.75) is 13.5 Å². The summed E-state index contributed by atoms with van der Waals surface area (Å²) in [5, 5.41) is 7.91. The van der Waals surface area contributed by atoms with E-state index in [1.165, 1.54) is 10.8 Å². The largest absolute Gasteiger partial charge is 0.277 e. The number of nitrogens with one attached hydrogen (secondary N) is 3. The van der Waals surface area contributed by atoms with Gasteiger partial charge in [0.2, 0.25) is 5.95 Å². The second-order valence-corrected chi connectivity index (χ2v) is 6.68. The van der Waals surface area contributed by atoms with Crippen LogP contribution in [0.15, 0.2) is 59.5 Å². The highest BCUT2D eigenvalue weighted by molar-refractivity contribution is 6.30. The molecule has 0 saturated heterocycles. The number of para-hydroxylation sites is 1. The topological polar surface area (TPSA) is 105 Å². The normalized spacial score (nSPS) is 10.8. The van der Waals surface area contributed by atoms with Crippen LogP contribution in [0.1, 0.15) is 17.3 Å². The Bertz CT molecular complexity index is 1250. The van der Waals surface area contributed by atoms with Crippen LogP contribution in [0.5, 0.6) is 0 Å². The molecule has 0 aliphatic carbocycles. The van der Waals surface area contributed by atoms with Gasteiger partial charge in [-0.2, -0.15) is 5.10 Å². The molecule has 4 aromatic rings. The van der Waals surface area contributed by atoms with Crippen LogP contribution in [-0.4, -0.2) is 25.7 Å². The molecule has 0 bridgehead atoms. The van der Waals surface area contributed by atoms with E-state index in [0.717, 1.165) is 5.56 Å². The van der Waals surface area contributed by atoms with Crippen molar-refractivity contribution in [3.63, 3.8) is 0 Å². The minimum atomic E-state index is -0.422. The molecule has 2 heterocycles. The van der Waals surface area contributed by atoms with Crippen molar-refractivity contribution < 1.29 is 4.79 Å². The molecule has 0 fully saturated rings. The first-order valence-corrected chi connectivity index (χ1v) is 9.31. The summed E-state index contributed by atoms with van der Waals surface area (Å²) in [6.07, 6.45) is 1.43. The lowest BCUT2D eigenvalue weighted by atomic mass is 10.1. The predicted molar refractivity (Wildman–Crippen MR) is 112 cm³/mol. The van der Waals surface area contributed by atoms with E-state index in [9.17, 15) is 9.59 Å². The molecule has 2 aromatic carbocycles. The van der Waals surface area contributed by atoms with Gasteiger partial charge in [-0.25, -0.2) is 4.98 Å². The van der Waals surface area contributed by atoms with Gasteiger partial charge in [-0.1, -0.05) is 35.9 Å². The standard InChI is InChI=1S/C20H17ClN6O2/c1-2-27-19(29)14-5-3-4-6-16(14)23-20(27)26-25-18(28)15-11-22-24-17(15)12-7-9-13(21)10-8-12/h3-11H,2H2,1H3,(H,22,24)(H,23,26)(H,25,28). The molecule has 0 radical (unpaired) electrons. The number of carbonyl (C=O) groups excluding carboxylic acids is 1. The molecule has 2 aromatic heterocycles. The molecule has 0 atom stereocenters. The van der Waals surface area contributed by atoms with E-state index in [1.54, 1.807) is 48.5 Å². The number of aromatic nitrogens is 4. The Morgan fingerprint density at radius 2 is 1.93 bits per heavy atom. The summed E-state index contributed by atoms with van der Waals surface area (Å²) in [6, 6.07) is 14.1. The number of hydrogen-bond donors (Lipinski definition) is 3. The fourth-order valence-corrected chi connectivity index (χ4v) is 3.16. The van der Waals surface area contributed by atoms with Gasteiger partial charge in [0, 0.05) is 17.1 Å². The zero-order valence-electron chi connectivity index (χ0n) is 15.4. The molecule has 1 amide bonds. The molecule has 4 rings (SSSR count). The molecule has 0 spiro atoms. The van der Waals surface area contributed by atoms with Crippen molar-refractivity contribution >= 4 is 34.4 Å². The number of aromatic amines is 1. The van der Waals surface area contributed by atoms with Gasteiger partial charge in [0.05, 0.1) is 28.4 Å². The van der Waals surface area contributed by atoms with Gasteiger partial charge in [-0.3, -0.25) is 30.1 Å². The first kappa shape index (κ1) is 18.7. The number of nitrogens with zero attached hydrogens (tertiary/aromatic N) is 3. The molecule has 8 nitrogen and oxygen atoms in total. The van der Waals surface area contributed by atoms with Crippen LogP contribution in [-0.2, 0) is 6.54 Å². The van der Waals surface area contributed by atoms with Crippen LogP contribution in [0.4, 0.5) is 5.95 Å². The Hall–Kier alpha value is -3.65. The molecular weight excluding hydrogens is 392 g/mol. The highest BCUT2D eigenvalue weighted by atomic mass is 35.5. The number of benzene rings is 2. The lowest BCUT2D eigenvalue weighted by molar-refractivity contribution is 0.0963. The van der Waals surface area contributed by atoms with E-state index in [0.29, 0.717) is 33.7 Å². The number of amides is 1. The number of rotatable bonds is 5. The summed E-state index contributed by atoms with van der Waals surface area (Å²) >= 11 is 5.93. The highest BCUT2D eigenvalue weighted by Gasteiger charge is 2.16. The van der Waals surface area contributed by atoms with Gasteiger partial charge in [-0.15, -0.1) is 0 Å².